The van der Waals surface area contributed by atoms with Crippen molar-refractivity contribution in [2.75, 3.05) is 24.5 Å². The van der Waals surface area contributed by atoms with Crippen molar-refractivity contribution < 1.29 is 4.74 Å². The Balaban J connectivity index is 1.27. The number of hydrogen-bond donors (Lipinski definition) is 0. The number of ether oxygens (including phenoxy) is 1. The standard InChI is InChI=1S/C28H34N4O/c1-17-13-18(2)30-26(29-17)32-16-23-25-22(32)9-10-28(33-23)24-14-20-5-3-4-6-21(20)27(25,28)11-12-31(24)15-19-7-8-19/h3-6,13,19,22-25H,7-12,14-16H2,1-2H3/t22?,23-,24?,25?,27?,28?/m1/s1. The zero-order valence-electron chi connectivity index (χ0n) is 19.8. The summed E-state index contributed by atoms with van der Waals surface area (Å²) in [5.74, 6) is 2.40. The van der Waals surface area contributed by atoms with E-state index in [2.05, 4.69) is 54.0 Å². The first-order chi connectivity index (χ1) is 16.1. The summed E-state index contributed by atoms with van der Waals surface area (Å²) in [5, 5.41) is 0. The minimum atomic E-state index is -0.00417. The molecule has 0 radical (unpaired) electrons. The summed E-state index contributed by atoms with van der Waals surface area (Å²) in [4.78, 5) is 15.2. The van der Waals surface area contributed by atoms with Crippen LogP contribution in [0.15, 0.2) is 30.3 Å². The molecule has 5 nitrogen and oxygen atoms in total. The highest BCUT2D eigenvalue weighted by atomic mass is 16.5. The van der Waals surface area contributed by atoms with Crippen molar-refractivity contribution in [3.05, 3.63) is 52.8 Å². The summed E-state index contributed by atoms with van der Waals surface area (Å²) in [6.07, 6.45) is 7.93. The molecule has 172 valence electrons. The van der Waals surface area contributed by atoms with Crippen LogP contribution >= 0.6 is 0 Å². The van der Waals surface area contributed by atoms with Crippen LogP contribution in [0.5, 0.6) is 0 Å². The molecule has 33 heavy (non-hydrogen) atoms. The molecule has 6 atom stereocenters. The fraction of sp³-hybridized carbons (Fsp3) is 0.643. The lowest BCUT2D eigenvalue weighted by molar-refractivity contribution is -0.162. The Morgan fingerprint density at radius 2 is 1.88 bits per heavy atom. The summed E-state index contributed by atoms with van der Waals surface area (Å²) in [7, 11) is 0. The molecule has 0 amide bonds. The molecule has 3 saturated heterocycles. The summed E-state index contributed by atoms with van der Waals surface area (Å²) in [5.41, 5.74) is 5.48. The van der Waals surface area contributed by atoms with Gasteiger partial charge in [-0.2, -0.15) is 0 Å². The van der Waals surface area contributed by atoms with Crippen LogP contribution in [0.1, 0.15) is 54.6 Å². The zero-order chi connectivity index (χ0) is 21.9. The Morgan fingerprint density at radius 3 is 2.70 bits per heavy atom. The van der Waals surface area contributed by atoms with Crippen LogP contribution in [0.2, 0.25) is 0 Å². The second-order valence-electron chi connectivity index (χ2n) is 11.8. The van der Waals surface area contributed by atoms with Crippen LogP contribution < -0.4 is 4.90 Å². The second-order valence-corrected chi connectivity index (χ2v) is 11.8. The number of rotatable bonds is 3. The van der Waals surface area contributed by atoms with Crippen LogP contribution in [0.25, 0.3) is 0 Å². The van der Waals surface area contributed by atoms with Gasteiger partial charge in [-0.05, 0) is 82.0 Å². The Morgan fingerprint density at radius 1 is 1.06 bits per heavy atom. The Hall–Kier alpha value is -1.98. The maximum absolute atomic E-state index is 7.39. The number of likely N-dealkylation sites (tertiary alicyclic amines) is 1. The normalized spacial score (nSPS) is 40.6. The third kappa shape index (κ3) is 2.36. The molecule has 4 heterocycles. The van der Waals surface area contributed by atoms with Crippen molar-refractivity contribution in [1.82, 2.24) is 14.9 Å². The van der Waals surface area contributed by atoms with E-state index in [0.29, 0.717) is 18.0 Å². The Kier molecular flexibility index (Phi) is 3.73. The molecule has 3 aliphatic heterocycles. The molecule has 1 aromatic carbocycles. The maximum Gasteiger partial charge on any atom is 0.226 e. The molecule has 5 unspecified atom stereocenters. The first-order valence-corrected chi connectivity index (χ1v) is 13.2. The van der Waals surface area contributed by atoms with Gasteiger partial charge in [0, 0.05) is 47.9 Å². The maximum atomic E-state index is 7.39. The first-order valence-electron chi connectivity index (χ1n) is 13.2. The van der Waals surface area contributed by atoms with E-state index in [4.69, 9.17) is 14.7 Å². The lowest BCUT2D eigenvalue weighted by Crippen LogP contribution is -2.74. The summed E-state index contributed by atoms with van der Waals surface area (Å²) in [6, 6.07) is 12.5. The van der Waals surface area contributed by atoms with Gasteiger partial charge in [0.25, 0.3) is 0 Å². The average molecular weight is 443 g/mol. The van der Waals surface area contributed by atoms with E-state index in [9.17, 15) is 0 Å². The SMILES string of the molecule is Cc1cc(C)nc(N2C[C@H]3OC45CCC2C3C42CCN(CC3CC3)C5Cc3ccccc32)n1. The highest BCUT2D eigenvalue weighted by Gasteiger charge is 2.77. The quantitative estimate of drug-likeness (QED) is 0.723. The van der Waals surface area contributed by atoms with E-state index in [-0.39, 0.29) is 17.1 Å². The van der Waals surface area contributed by atoms with Gasteiger partial charge in [-0.25, -0.2) is 9.97 Å². The van der Waals surface area contributed by atoms with Crippen molar-refractivity contribution in [3.8, 4) is 0 Å². The topological polar surface area (TPSA) is 41.5 Å². The van der Waals surface area contributed by atoms with E-state index in [1.165, 1.54) is 51.6 Å². The smallest absolute Gasteiger partial charge is 0.226 e. The van der Waals surface area contributed by atoms with Crippen molar-refractivity contribution in [2.24, 2.45) is 11.8 Å². The van der Waals surface area contributed by atoms with E-state index < -0.39 is 0 Å². The largest absolute Gasteiger partial charge is 0.367 e. The molecule has 1 aromatic heterocycles. The zero-order valence-corrected chi connectivity index (χ0v) is 19.8. The minimum absolute atomic E-state index is 0.00417. The highest BCUT2D eigenvalue weighted by molar-refractivity contribution is 5.52. The summed E-state index contributed by atoms with van der Waals surface area (Å²) < 4.78 is 7.39. The number of aromatic nitrogens is 2. The molecular formula is C28H34N4O. The molecule has 5 fully saturated rings. The monoisotopic (exact) mass is 442 g/mol. The van der Waals surface area contributed by atoms with Gasteiger partial charge in [-0.1, -0.05) is 24.3 Å². The fourth-order valence-electron chi connectivity index (χ4n) is 9.06. The summed E-state index contributed by atoms with van der Waals surface area (Å²) >= 11 is 0. The van der Waals surface area contributed by atoms with Gasteiger partial charge in [-0.3, -0.25) is 4.90 Å². The van der Waals surface area contributed by atoms with Gasteiger partial charge in [0.1, 0.15) is 0 Å². The molecule has 2 aromatic rings. The van der Waals surface area contributed by atoms with Gasteiger partial charge in [0.2, 0.25) is 5.95 Å². The third-order valence-corrected chi connectivity index (χ3v) is 10.2. The molecule has 2 saturated carbocycles. The van der Waals surface area contributed by atoms with Crippen molar-refractivity contribution in [2.45, 2.75) is 81.6 Å². The van der Waals surface area contributed by atoms with Gasteiger partial charge in [-0.15, -0.1) is 0 Å². The fourth-order valence-corrected chi connectivity index (χ4v) is 9.06. The second kappa shape index (κ2) is 6.37. The van der Waals surface area contributed by atoms with Crippen molar-refractivity contribution >= 4 is 5.95 Å². The minimum Gasteiger partial charge on any atom is -0.367 e. The van der Waals surface area contributed by atoms with Crippen LogP contribution in [0.3, 0.4) is 0 Å². The van der Waals surface area contributed by atoms with Crippen molar-refractivity contribution in [3.63, 3.8) is 0 Å². The highest BCUT2D eigenvalue weighted by Crippen LogP contribution is 2.69. The predicted octanol–water partition coefficient (Wildman–Crippen LogP) is 3.81. The number of hydrogen-bond acceptors (Lipinski definition) is 5. The third-order valence-electron chi connectivity index (χ3n) is 10.2. The van der Waals surface area contributed by atoms with Crippen LogP contribution in [-0.2, 0) is 16.6 Å². The van der Waals surface area contributed by atoms with Crippen LogP contribution in [0.4, 0.5) is 5.95 Å². The number of piperidine rings is 1. The predicted molar refractivity (Wildman–Crippen MR) is 127 cm³/mol. The molecule has 0 N–H and O–H groups in total. The van der Waals surface area contributed by atoms with Gasteiger partial charge < -0.3 is 9.64 Å². The Bertz CT molecular complexity index is 1130. The molecule has 3 aliphatic carbocycles. The molecule has 0 spiro atoms. The number of benzene rings is 1. The first kappa shape index (κ1) is 19.3. The molecular weight excluding hydrogens is 408 g/mol. The van der Waals surface area contributed by atoms with Gasteiger partial charge >= 0.3 is 0 Å². The number of fused-ring (bicyclic) bond motifs is 1. The van der Waals surface area contributed by atoms with Crippen molar-refractivity contribution in [1.29, 1.82) is 0 Å². The van der Waals surface area contributed by atoms with Crippen LogP contribution in [0, 0.1) is 25.7 Å². The van der Waals surface area contributed by atoms with Crippen LogP contribution in [-0.4, -0.2) is 58.3 Å². The van der Waals surface area contributed by atoms with Gasteiger partial charge in [0.05, 0.1) is 11.7 Å². The number of aryl methyl sites for hydroxylation is 2. The van der Waals surface area contributed by atoms with E-state index in [1.807, 2.05) is 0 Å². The van der Waals surface area contributed by atoms with Gasteiger partial charge in [0.15, 0.2) is 0 Å². The number of nitrogens with zero attached hydrogens (tertiary/aromatic N) is 4. The molecule has 6 aliphatic rings. The molecule has 4 bridgehead atoms. The summed E-state index contributed by atoms with van der Waals surface area (Å²) in [6.45, 7) is 7.65. The van der Waals surface area contributed by atoms with E-state index in [1.54, 1.807) is 11.1 Å². The lowest BCUT2D eigenvalue weighted by atomic mass is 9.46. The molecule has 5 heteroatoms. The van der Waals surface area contributed by atoms with E-state index in [0.717, 1.165) is 29.8 Å². The molecule has 8 rings (SSSR count). The Labute approximate surface area is 196 Å². The lowest BCUT2D eigenvalue weighted by Gasteiger charge is -2.64. The number of anilines is 1. The van der Waals surface area contributed by atoms with E-state index >= 15 is 0 Å². The average Bonchev–Trinajstić information content (AvgIpc) is 3.48.